The van der Waals surface area contributed by atoms with Crippen LogP contribution in [0.4, 0.5) is 17.6 Å². The van der Waals surface area contributed by atoms with E-state index in [1.54, 1.807) is 4.57 Å². The van der Waals surface area contributed by atoms with Crippen LogP contribution in [0.25, 0.3) is 27.7 Å². The number of aryl methyl sites for hydroxylation is 1. The summed E-state index contributed by atoms with van der Waals surface area (Å²) >= 11 is 0. The second-order valence-corrected chi connectivity index (χ2v) is 9.37. The van der Waals surface area contributed by atoms with Crippen molar-refractivity contribution in [2.24, 2.45) is 0 Å². The molecule has 1 heterocycles. The molecule has 0 spiro atoms. The molecule has 9 heteroatoms. The summed E-state index contributed by atoms with van der Waals surface area (Å²) in [6, 6.07) is 10.3. The van der Waals surface area contributed by atoms with Gasteiger partial charge in [-0.2, -0.15) is 5.26 Å². The second kappa shape index (κ2) is 8.66. The molecule has 1 fully saturated rings. The average Bonchev–Trinajstić information content (AvgIpc) is 3.14. The Bertz CT molecular complexity index is 1650. The molecule has 0 radical (unpaired) electrons. The summed E-state index contributed by atoms with van der Waals surface area (Å²) in [5.74, 6) is -6.51. The van der Waals surface area contributed by atoms with E-state index in [-0.39, 0.29) is 34.0 Å². The third-order valence-electron chi connectivity index (χ3n) is 7.23. The van der Waals surface area contributed by atoms with E-state index in [9.17, 15) is 33.4 Å². The molecule has 0 amide bonds. The van der Waals surface area contributed by atoms with Crippen LogP contribution in [0, 0.1) is 41.5 Å². The van der Waals surface area contributed by atoms with Crippen LogP contribution in [0.3, 0.4) is 0 Å². The smallest absolute Gasteiger partial charge is 0.338 e. The highest BCUT2D eigenvalue weighted by Gasteiger charge is 2.45. The maximum absolute atomic E-state index is 15.5. The number of phenolic OH excluding ortho intramolecular Hbond substituents is 1. The summed E-state index contributed by atoms with van der Waals surface area (Å²) in [7, 11) is 0. The Balaban J connectivity index is 2.00. The molecule has 1 aliphatic rings. The number of nitriles is 1. The highest BCUT2D eigenvalue weighted by molar-refractivity contribution is 6.04. The Morgan fingerprint density at radius 3 is 2.41 bits per heavy atom. The normalized spacial score (nSPS) is 14.4. The molecule has 0 saturated heterocycles. The number of carboxylic acid groups (broad SMARTS) is 1. The number of fused-ring (bicyclic) bond motifs is 1. The summed E-state index contributed by atoms with van der Waals surface area (Å²) < 4.78 is 60.8. The predicted octanol–water partition coefficient (Wildman–Crippen LogP) is 6.90. The molecule has 4 aromatic rings. The Morgan fingerprint density at radius 1 is 1.08 bits per heavy atom. The van der Waals surface area contributed by atoms with E-state index in [1.165, 1.54) is 25.1 Å². The maximum atomic E-state index is 15.5. The number of aromatic hydroxyl groups is 1. The molecule has 0 aliphatic heterocycles. The molecular weight excluding hydrogens is 488 g/mol. The molecule has 5 nitrogen and oxygen atoms in total. The first kappa shape index (κ1) is 24.4. The van der Waals surface area contributed by atoms with Crippen molar-refractivity contribution in [1.29, 1.82) is 5.26 Å². The molecule has 37 heavy (non-hydrogen) atoms. The van der Waals surface area contributed by atoms with E-state index in [2.05, 4.69) is 6.07 Å². The Morgan fingerprint density at radius 2 is 1.81 bits per heavy atom. The fourth-order valence-corrected chi connectivity index (χ4v) is 5.32. The number of benzene rings is 3. The van der Waals surface area contributed by atoms with Gasteiger partial charge in [-0.3, -0.25) is 0 Å². The lowest BCUT2D eigenvalue weighted by Gasteiger charge is -2.42. The van der Waals surface area contributed by atoms with Crippen LogP contribution in [-0.2, 0) is 5.41 Å². The maximum Gasteiger partial charge on any atom is 0.338 e. The van der Waals surface area contributed by atoms with Gasteiger partial charge in [-0.05, 0) is 55.7 Å². The largest absolute Gasteiger partial charge is 0.507 e. The zero-order valence-electron chi connectivity index (χ0n) is 19.6. The van der Waals surface area contributed by atoms with Gasteiger partial charge in [0.25, 0.3) is 0 Å². The zero-order chi connectivity index (χ0) is 26.6. The van der Waals surface area contributed by atoms with Crippen LogP contribution in [-0.4, -0.2) is 20.7 Å². The third kappa shape index (κ3) is 3.63. The second-order valence-electron chi connectivity index (χ2n) is 9.37. The number of halogens is 4. The summed E-state index contributed by atoms with van der Waals surface area (Å²) in [6.07, 6.45) is 1.74. The highest BCUT2D eigenvalue weighted by atomic mass is 19.2. The van der Waals surface area contributed by atoms with Crippen LogP contribution < -0.4 is 0 Å². The van der Waals surface area contributed by atoms with Crippen molar-refractivity contribution in [2.45, 2.75) is 38.0 Å². The van der Waals surface area contributed by atoms with Gasteiger partial charge < -0.3 is 14.8 Å². The SMILES string of the molecule is Cc1cc(-n2c(C3(CC#N)CCC3)c(-c3ccc(C(=O)O)c(F)c3F)c3c(O)cc(F)cc32)ccc1F. The first-order valence-corrected chi connectivity index (χ1v) is 11.5. The summed E-state index contributed by atoms with van der Waals surface area (Å²) in [5.41, 5.74) is -0.942. The molecule has 1 saturated carbocycles. The topological polar surface area (TPSA) is 86.2 Å². The van der Waals surface area contributed by atoms with Crippen LogP contribution >= 0.6 is 0 Å². The quantitative estimate of drug-likeness (QED) is 0.287. The van der Waals surface area contributed by atoms with E-state index in [1.807, 2.05) is 0 Å². The van der Waals surface area contributed by atoms with Gasteiger partial charge in [-0.1, -0.05) is 12.5 Å². The number of carbonyl (C=O) groups is 1. The zero-order valence-corrected chi connectivity index (χ0v) is 19.6. The lowest BCUT2D eigenvalue weighted by atomic mass is 9.63. The summed E-state index contributed by atoms with van der Waals surface area (Å²) in [4.78, 5) is 11.4. The molecule has 0 atom stereocenters. The predicted molar refractivity (Wildman–Crippen MR) is 128 cm³/mol. The number of hydrogen-bond acceptors (Lipinski definition) is 3. The molecule has 5 rings (SSSR count). The van der Waals surface area contributed by atoms with E-state index in [0.29, 0.717) is 24.2 Å². The molecule has 0 bridgehead atoms. The minimum Gasteiger partial charge on any atom is -0.507 e. The van der Waals surface area contributed by atoms with E-state index in [0.717, 1.165) is 30.7 Å². The summed E-state index contributed by atoms with van der Waals surface area (Å²) in [6.45, 7) is 1.54. The van der Waals surface area contributed by atoms with Gasteiger partial charge in [0, 0.05) is 40.4 Å². The lowest BCUT2D eigenvalue weighted by molar-refractivity contribution is 0.0690. The standard InChI is InChI=1S/C28H20F4N2O3/c1-14-11-16(3-6-19(14)30)34-20-12-15(29)13-21(35)23(20)22(26(34)28(9-10-33)7-2-8-28)17-4-5-18(27(36)37)25(32)24(17)31/h3-6,11-13,35H,2,7-9H2,1H3,(H,36,37). The van der Waals surface area contributed by atoms with Gasteiger partial charge in [-0.25, -0.2) is 22.4 Å². The number of nitrogens with zero attached hydrogens (tertiary/aromatic N) is 2. The van der Waals surface area contributed by atoms with Crippen molar-refractivity contribution in [1.82, 2.24) is 4.57 Å². The van der Waals surface area contributed by atoms with Gasteiger partial charge in [0.2, 0.25) is 0 Å². The average molecular weight is 508 g/mol. The highest BCUT2D eigenvalue weighted by Crippen LogP contribution is 2.54. The van der Waals surface area contributed by atoms with Crippen molar-refractivity contribution < 1.29 is 32.6 Å². The Labute approximate surface area is 208 Å². The first-order valence-electron chi connectivity index (χ1n) is 11.5. The third-order valence-corrected chi connectivity index (χ3v) is 7.23. The van der Waals surface area contributed by atoms with Crippen molar-refractivity contribution >= 4 is 16.9 Å². The minimum atomic E-state index is -1.66. The van der Waals surface area contributed by atoms with Crippen molar-refractivity contribution in [2.75, 3.05) is 0 Å². The lowest BCUT2D eigenvalue weighted by Crippen LogP contribution is -2.36. The molecule has 0 unspecified atom stereocenters. The van der Waals surface area contributed by atoms with Crippen molar-refractivity contribution in [3.05, 3.63) is 82.6 Å². The molecule has 1 aromatic heterocycles. The van der Waals surface area contributed by atoms with Crippen LogP contribution in [0.15, 0.2) is 42.5 Å². The van der Waals surface area contributed by atoms with Crippen LogP contribution in [0.2, 0.25) is 0 Å². The molecular formula is C28H20F4N2O3. The first-order chi connectivity index (χ1) is 17.6. The van der Waals surface area contributed by atoms with Crippen LogP contribution in [0.5, 0.6) is 5.75 Å². The monoisotopic (exact) mass is 508 g/mol. The molecule has 1 aliphatic carbocycles. The fraction of sp³-hybridized carbons (Fsp3) is 0.214. The number of carboxylic acids is 1. The van der Waals surface area contributed by atoms with E-state index >= 15 is 4.39 Å². The number of rotatable bonds is 5. The van der Waals surface area contributed by atoms with Gasteiger partial charge >= 0.3 is 5.97 Å². The minimum absolute atomic E-state index is 0.00292. The van der Waals surface area contributed by atoms with Crippen LogP contribution in [0.1, 0.15) is 47.3 Å². The molecule has 3 aromatic carbocycles. The number of phenols is 1. The number of aromatic carboxylic acids is 1. The van der Waals surface area contributed by atoms with Crippen molar-refractivity contribution in [3.8, 4) is 28.6 Å². The fourth-order valence-electron chi connectivity index (χ4n) is 5.32. The molecule has 188 valence electrons. The van der Waals surface area contributed by atoms with Gasteiger partial charge in [-0.15, -0.1) is 0 Å². The number of hydrogen-bond donors (Lipinski definition) is 2. The Hall–Kier alpha value is -4.32. The number of aromatic nitrogens is 1. The van der Waals surface area contributed by atoms with Gasteiger partial charge in [0.15, 0.2) is 11.6 Å². The molecule has 2 N–H and O–H groups in total. The van der Waals surface area contributed by atoms with Gasteiger partial charge in [0.1, 0.15) is 17.4 Å². The van der Waals surface area contributed by atoms with E-state index in [4.69, 9.17) is 0 Å². The van der Waals surface area contributed by atoms with Crippen molar-refractivity contribution in [3.63, 3.8) is 0 Å². The Kier molecular flexibility index (Phi) is 5.71. The van der Waals surface area contributed by atoms with Gasteiger partial charge in [0.05, 0.1) is 22.5 Å². The summed E-state index contributed by atoms with van der Waals surface area (Å²) in [5, 5.41) is 29.8. The van der Waals surface area contributed by atoms with E-state index < -0.39 is 46.0 Å².